The van der Waals surface area contributed by atoms with Gasteiger partial charge in [0.1, 0.15) is 0 Å². The predicted octanol–water partition coefficient (Wildman–Crippen LogP) is 4.91. The lowest BCUT2D eigenvalue weighted by Gasteiger charge is -2.35. The molecule has 0 radical (unpaired) electrons. The highest BCUT2D eigenvalue weighted by molar-refractivity contribution is 4.92. The molecular weight excluding hydrogens is 252 g/mol. The first-order valence-corrected chi connectivity index (χ1v) is 8.02. The Labute approximate surface area is 125 Å². The fourth-order valence-electron chi connectivity index (χ4n) is 2.54. The van der Waals surface area contributed by atoms with Crippen molar-refractivity contribution in [3.8, 4) is 0 Å². The second-order valence-electron chi connectivity index (χ2n) is 5.22. The number of ether oxygens (including phenoxy) is 3. The first-order valence-electron chi connectivity index (χ1n) is 8.02. The normalized spacial score (nSPS) is 14.1. The van der Waals surface area contributed by atoms with E-state index in [1.54, 1.807) is 21.3 Å². The molecule has 0 amide bonds. The van der Waals surface area contributed by atoms with Crippen LogP contribution in [-0.2, 0) is 14.2 Å². The summed E-state index contributed by atoms with van der Waals surface area (Å²) in [6.07, 6.45) is 14.1. The molecule has 0 aromatic carbocycles. The Morgan fingerprint density at radius 1 is 0.850 bits per heavy atom. The molecular formula is C17H34O3. The molecule has 0 bridgehead atoms. The first-order chi connectivity index (χ1) is 9.70. The van der Waals surface area contributed by atoms with E-state index in [0.717, 1.165) is 12.8 Å². The van der Waals surface area contributed by atoms with Crippen molar-refractivity contribution in [2.75, 3.05) is 21.3 Å². The molecule has 0 spiro atoms. The number of allylic oxidation sites excluding steroid dienone is 1. The van der Waals surface area contributed by atoms with Crippen LogP contribution in [0.25, 0.3) is 0 Å². The molecule has 0 saturated carbocycles. The van der Waals surface area contributed by atoms with Gasteiger partial charge in [0.2, 0.25) is 0 Å². The van der Waals surface area contributed by atoms with Crippen molar-refractivity contribution in [3.63, 3.8) is 0 Å². The Hall–Kier alpha value is -0.380. The van der Waals surface area contributed by atoms with Crippen LogP contribution < -0.4 is 0 Å². The molecule has 0 saturated heterocycles. The van der Waals surface area contributed by atoms with E-state index in [-0.39, 0.29) is 5.92 Å². The third-order valence-electron chi connectivity index (χ3n) is 3.78. The van der Waals surface area contributed by atoms with E-state index in [1.807, 2.05) is 0 Å². The fraction of sp³-hybridized carbons (Fsp3) is 0.882. The van der Waals surface area contributed by atoms with E-state index in [1.165, 1.54) is 38.5 Å². The Balaban J connectivity index is 4.37. The maximum absolute atomic E-state index is 5.50. The Morgan fingerprint density at radius 2 is 1.40 bits per heavy atom. The van der Waals surface area contributed by atoms with Gasteiger partial charge in [-0.15, -0.1) is 0 Å². The highest BCUT2D eigenvalue weighted by Gasteiger charge is 2.37. The van der Waals surface area contributed by atoms with Gasteiger partial charge in [-0.25, -0.2) is 0 Å². The molecule has 0 aromatic heterocycles. The molecule has 0 aliphatic rings. The summed E-state index contributed by atoms with van der Waals surface area (Å²) < 4.78 is 16.5. The lowest BCUT2D eigenvalue weighted by Crippen LogP contribution is -2.43. The summed E-state index contributed by atoms with van der Waals surface area (Å²) in [6, 6.07) is 0. The molecule has 0 aliphatic carbocycles. The smallest absolute Gasteiger partial charge is 0.288 e. The van der Waals surface area contributed by atoms with Crippen LogP contribution in [0, 0.1) is 5.92 Å². The summed E-state index contributed by atoms with van der Waals surface area (Å²) in [4.78, 5) is 0. The summed E-state index contributed by atoms with van der Waals surface area (Å²) in [5, 5.41) is 0. The van der Waals surface area contributed by atoms with Crippen molar-refractivity contribution in [2.24, 2.45) is 5.92 Å². The van der Waals surface area contributed by atoms with E-state index in [2.05, 4.69) is 26.0 Å². The van der Waals surface area contributed by atoms with Crippen LogP contribution in [-0.4, -0.2) is 27.3 Å². The zero-order chi connectivity index (χ0) is 15.3. The Bertz CT molecular complexity index is 226. The van der Waals surface area contributed by atoms with Gasteiger partial charge in [0.15, 0.2) is 0 Å². The number of rotatable bonds is 13. The van der Waals surface area contributed by atoms with Gasteiger partial charge in [0.05, 0.1) is 5.92 Å². The van der Waals surface area contributed by atoms with Gasteiger partial charge < -0.3 is 14.2 Å². The molecule has 0 heterocycles. The number of methoxy groups -OCH3 is 3. The minimum atomic E-state index is -0.949. The topological polar surface area (TPSA) is 27.7 Å². The zero-order valence-corrected chi connectivity index (χ0v) is 14.1. The average molecular weight is 286 g/mol. The highest BCUT2D eigenvalue weighted by Crippen LogP contribution is 2.30. The van der Waals surface area contributed by atoms with Crippen molar-refractivity contribution >= 4 is 0 Å². The van der Waals surface area contributed by atoms with Gasteiger partial charge in [-0.3, -0.25) is 0 Å². The monoisotopic (exact) mass is 286 g/mol. The number of unbranched alkanes of at least 4 members (excludes halogenated alkanes) is 5. The maximum Gasteiger partial charge on any atom is 0.288 e. The molecule has 0 aliphatic heterocycles. The van der Waals surface area contributed by atoms with Gasteiger partial charge in [-0.1, -0.05) is 64.5 Å². The van der Waals surface area contributed by atoms with Crippen LogP contribution in [0.3, 0.4) is 0 Å². The van der Waals surface area contributed by atoms with Crippen LogP contribution in [0.15, 0.2) is 12.2 Å². The van der Waals surface area contributed by atoms with Crippen molar-refractivity contribution in [1.82, 2.24) is 0 Å². The van der Waals surface area contributed by atoms with Crippen LogP contribution in [0.2, 0.25) is 0 Å². The molecule has 3 heteroatoms. The summed E-state index contributed by atoms with van der Waals surface area (Å²) >= 11 is 0. The van der Waals surface area contributed by atoms with Crippen LogP contribution >= 0.6 is 0 Å². The van der Waals surface area contributed by atoms with E-state index in [0.29, 0.717) is 0 Å². The van der Waals surface area contributed by atoms with Crippen molar-refractivity contribution in [1.29, 1.82) is 0 Å². The Kier molecular flexibility index (Phi) is 12.1. The third-order valence-corrected chi connectivity index (χ3v) is 3.78. The van der Waals surface area contributed by atoms with Gasteiger partial charge in [0, 0.05) is 21.3 Å². The third kappa shape index (κ3) is 6.87. The molecule has 0 fully saturated rings. The molecule has 20 heavy (non-hydrogen) atoms. The molecule has 1 atom stereocenters. The maximum atomic E-state index is 5.50. The van der Waals surface area contributed by atoms with Crippen LogP contribution in [0.1, 0.15) is 65.2 Å². The number of hydrogen-bond donors (Lipinski definition) is 0. The highest BCUT2D eigenvalue weighted by atomic mass is 16.9. The Morgan fingerprint density at radius 3 is 1.90 bits per heavy atom. The molecule has 3 nitrogen and oxygen atoms in total. The lowest BCUT2D eigenvalue weighted by atomic mass is 9.96. The summed E-state index contributed by atoms with van der Waals surface area (Å²) in [6.45, 7) is 4.38. The molecule has 0 N–H and O–H groups in total. The average Bonchev–Trinajstić information content (AvgIpc) is 2.49. The summed E-state index contributed by atoms with van der Waals surface area (Å²) in [5.74, 6) is -0.816. The van der Waals surface area contributed by atoms with E-state index < -0.39 is 5.97 Å². The fourth-order valence-corrected chi connectivity index (χ4v) is 2.54. The second kappa shape index (κ2) is 12.4. The van der Waals surface area contributed by atoms with E-state index in [4.69, 9.17) is 14.2 Å². The van der Waals surface area contributed by atoms with Gasteiger partial charge >= 0.3 is 0 Å². The minimum Gasteiger partial charge on any atom is -0.330 e. The van der Waals surface area contributed by atoms with Crippen molar-refractivity contribution < 1.29 is 14.2 Å². The molecule has 0 rings (SSSR count). The SMILES string of the molecule is CCC=CC(CCCCCCCC)C(OC)(OC)OC. The van der Waals surface area contributed by atoms with Crippen molar-refractivity contribution in [3.05, 3.63) is 12.2 Å². The molecule has 120 valence electrons. The standard InChI is InChI=1S/C17H34O3/c1-6-8-10-11-12-13-15-16(14-9-7-2)17(18-3,19-4)20-5/h9,14,16H,6-8,10-13,15H2,1-5H3. The first kappa shape index (κ1) is 19.6. The minimum absolute atomic E-state index is 0.133. The molecule has 1 unspecified atom stereocenters. The predicted molar refractivity (Wildman–Crippen MR) is 84.7 cm³/mol. The van der Waals surface area contributed by atoms with Crippen LogP contribution in [0.5, 0.6) is 0 Å². The quantitative estimate of drug-likeness (QED) is 0.273. The van der Waals surface area contributed by atoms with Gasteiger partial charge in [0.25, 0.3) is 5.97 Å². The van der Waals surface area contributed by atoms with E-state index >= 15 is 0 Å². The van der Waals surface area contributed by atoms with Gasteiger partial charge in [-0.05, 0) is 12.8 Å². The van der Waals surface area contributed by atoms with Crippen molar-refractivity contribution in [2.45, 2.75) is 71.2 Å². The zero-order valence-electron chi connectivity index (χ0n) is 14.1. The molecule has 0 aromatic rings. The van der Waals surface area contributed by atoms with Crippen LogP contribution in [0.4, 0.5) is 0 Å². The summed E-state index contributed by atoms with van der Waals surface area (Å²) in [7, 11) is 4.92. The van der Waals surface area contributed by atoms with Gasteiger partial charge in [-0.2, -0.15) is 0 Å². The second-order valence-corrected chi connectivity index (χ2v) is 5.22. The number of hydrogen-bond acceptors (Lipinski definition) is 3. The van der Waals surface area contributed by atoms with E-state index in [9.17, 15) is 0 Å². The largest absolute Gasteiger partial charge is 0.330 e. The summed E-state index contributed by atoms with van der Waals surface area (Å²) in [5.41, 5.74) is 0. The lowest BCUT2D eigenvalue weighted by molar-refractivity contribution is -0.372.